The van der Waals surface area contributed by atoms with Gasteiger partial charge in [0.1, 0.15) is 6.04 Å². The highest BCUT2D eigenvalue weighted by atomic mass is 32.2. The molecule has 2 aromatic rings. The van der Waals surface area contributed by atoms with Crippen LogP contribution in [0.15, 0.2) is 72.8 Å². The van der Waals surface area contributed by atoms with Crippen LogP contribution in [0.3, 0.4) is 0 Å². The minimum absolute atomic E-state index is 0.0641. The molecule has 2 fully saturated rings. The van der Waals surface area contributed by atoms with Gasteiger partial charge in [-0.25, -0.2) is 0 Å². The lowest BCUT2D eigenvalue weighted by Gasteiger charge is -2.40. The minimum atomic E-state index is -0.959. The van der Waals surface area contributed by atoms with Gasteiger partial charge in [-0.2, -0.15) is 0 Å². The highest BCUT2D eigenvalue weighted by Crippen LogP contribution is 2.66. The van der Waals surface area contributed by atoms with Gasteiger partial charge in [-0.3, -0.25) is 14.4 Å². The smallest absolute Gasteiger partial charge is 0.251 e. The summed E-state index contributed by atoms with van der Waals surface area (Å²) in [6.07, 6.45) is 8.77. The first-order valence-electron chi connectivity index (χ1n) is 15.7. The van der Waals surface area contributed by atoms with Crippen LogP contribution in [0.25, 0.3) is 0 Å². The number of aliphatic hydroxyl groups is 1. The molecule has 0 aliphatic carbocycles. The zero-order chi connectivity index (χ0) is 31.4. The van der Waals surface area contributed by atoms with E-state index in [-0.39, 0.29) is 30.2 Å². The number of aryl methyl sites for hydroxylation is 2. The molecule has 2 saturated heterocycles. The van der Waals surface area contributed by atoms with Crippen LogP contribution >= 0.6 is 11.8 Å². The fraction of sp³-hybridized carbons (Fsp3) is 0.472. The molecule has 6 rings (SSSR count). The molecule has 0 aromatic heterocycles. The van der Waals surface area contributed by atoms with E-state index >= 15 is 0 Å². The molecule has 1 N–H and O–H groups in total. The van der Waals surface area contributed by atoms with Crippen LogP contribution in [-0.2, 0) is 20.9 Å². The van der Waals surface area contributed by atoms with Gasteiger partial charge in [-0.05, 0) is 49.8 Å². The SMILES string of the molecule is Cc1cccc(C)c1N1CC=C[C@]23S[C@@]4(C)C=CCN(Cc5ccccc5)C(=O)[C@H]4[C@H]2C(=O)N([C@@H](CO)CC(C)C)C3C1=O. The van der Waals surface area contributed by atoms with Gasteiger partial charge in [0.15, 0.2) is 0 Å². The summed E-state index contributed by atoms with van der Waals surface area (Å²) in [7, 11) is 0. The quantitative estimate of drug-likeness (QED) is 0.450. The van der Waals surface area contributed by atoms with Crippen LogP contribution in [0, 0.1) is 31.6 Å². The first-order chi connectivity index (χ1) is 21.0. The molecule has 44 heavy (non-hydrogen) atoms. The maximum Gasteiger partial charge on any atom is 0.251 e. The molecule has 2 aromatic carbocycles. The summed E-state index contributed by atoms with van der Waals surface area (Å²) in [5, 5.41) is 10.7. The Morgan fingerprint density at radius 1 is 0.886 bits per heavy atom. The maximum atomic E-state index is 15.0. The van der Waals surface area contributed by atoms with Crippen molar-refractivity contribution in [3.63, 3.8) is 0 Å². The number of carbonyl (C=O) groups is 3. The lowest BCUT2D eigenvalue weighted by Crippen LogP contribution is -2.57. The van der Waals surface area contributed by atoms with Gasteiger partial charge in [-0.15, -0.1) is 11.8 Å². The number of aliphatic hydroxyl groups excluding tert-OH is 1. The van der Waals surface area contributed by atoms with Crippen molar-refractivity contribution in [1.29, 1.82) is 0 Å². The Labute approximate surface area is 265 Å². The van der Waals surface area contributed by atoms with E-state index in [1.54, 1.807) is 16.7 Å². The van der Waals surface area contributed by atoms with Crippen LogP contribution in [-0.4, -0.2) is 73.9 Å². The monoisotopic (exact) mass is 613 g/mol. The number of hydrogen-bond donors (Lipinski definition) is 1. The summed E-state index contributed by atoms with van der Waals surface area (Å²) in [5.41, 5.74) is 3.86. The molecule has 3 amide bonds. The van der Waals surface area contributed by atoms with Crippen molar-refractivity contribution in [3.05, 3.63) is 89.5 Å². The fourth-order valence-electron chi connectivity index (χ4n) is 8.10. The number of nitrogens with zero attached hydrogens (tertiary/aromatic N) is 3. The fourth-order valence-corrected chi connectivity index (χ4v) is 10.2. The third-order valence-corrected chi connectivity index (χ3v) is 11.6. The van der Waals surface area contributed by atoms with E-state index in [1.807, 2.05) is 84.3 Å². The molecule has 4 heterocycles. The highest BCUT2D eigenvalue weighted by molar-refractivity contribution is 8.02. The van der Waals surface area contributed by atoms with Gasteiger partial charge >= 0.3 is 0 Å². The van der Waals surface area contributed by atoms with E-state index in [0.29, 0.717) is 26.1 Å². The number of carbonyl (C=O) groups excluding carboxylic acids is 3. The van der Waals surface area contributed by atoms with E-state index in [2.05, 4.69) is 32.9 Å². The van der Waals surface area contributed by atoms with E-state index in [0.717, 1.165) is 22.4 Å². The lowest BCUT2D eigenvalue weighted by atomic mass is 9.74. The summed E-state index contributed by atoms with van der Waals surface area (Å²) in [5.74, 6) is -1.63. The molecule has 7 nitrogen and oxygen atoms in total. The highest BCUT2D eigenvalue weighted by Gasteiger charge is 2.74. The Balaban J connectivity index is 1.48. The van der Waals surface area contributed by atoms with E-state index < -0.39 is 33.4 Å². The van der Waals surface area contributed by atoms with Crippen molar-refractivity contribution in [2.24, 2.45) is 17.8 Å². The number of rotatable bonds is 7. The molecule has 1 unspecified atom stereocenters. The first kappa shape index (κ1) is 30.7. The average molecular weight is 614 g/mol. The van der Waals surface area contributed by atoms with Crippen molar-refractivity contribution < 1.29 is 19.5 Å². The Hall–Kier alpha value is -3.36. The molecule has 0 saturated carbocycles. The topological polar surface area (TPSA) is 81.2 Å². The Bertz CT molecular complexity index is 1500. The number of benzene rings is 2. The molecule has 0 radical (unpaired) electrons. The van der Waals surface area contributed by atoms with E-state index in [4.69, 9.17) is 0 Å². The van der Waals surface area contributed by atoms with Gasteiger partial charge in [0, 0.05) is 30.1 Å². The summed E-state index contributed by atoms with van der Waals surface area (Å²) in [4.78, 5) is 49.8. The largest absolute Gasteiger partial charge is 0.394 e. The minimum Gasteiger partial charge on any atom is -0.394 e. The van der Waals surface area contributed by atoms with Crippen molar-refractivity contribution >= 4 is 35.2 Å². The number of para-hydroxylation sites is 1. The maximum absolute atomic E-state index is 15.0. The number of hydrogen-bond acceptors (Lipinski definition) is 5. The van der Waals surface area contributed by atoms with Crippen LogP contribution in [0.5, 0.6) is 0 Å². The van der Waals surface area contributed by atoms with E-state index in [9.17, 15) is 19.5 Å². The number of fused-ring (bicyclic) bond motifs is 2. The summed E-state index contributed by atoms with van der Waals surface area (Å²) in [6, 6.07) is 14.5. The summed E-state index contributed by atoms with van der Waals surface area (Å²) < 4.78 is -1.64. The molecule has 6 atom stereocenters. The van der Waals surface area contributed by atoms with Gasteiger partial charge in [0.2, 0.25) is 11.8 Å². The van der Waals surface area contributed by atoms with Crippen molar-refractivity contribution in [1.82, 2.24) is 9.80 Å². The van der Waals surface area contributed by atoms with Gasteiger partial charge in [-0.1, -0.05) is 86.7 Å². The second kappa shape index (κ2) is 11.5. The second-order valence-electron chi connectivity index (χ2n) is 13.4. The Morgan fingerprint density at radius 2 is 1.57 bits per heavy atom. The van der Waals surface area contributed by atoms with Gasteiger partial charge in [0.05, 0.1) is 29.2 Å². The first-order valence-corrected chi connectivity index (χ1v) is 16.5. The zero-order valence-corrected chi connectivity index (χ0v) is 27.1. The number of likely N-dealkylation sites (tertiary alicyclic amines) is 1. The molecule has 1 spiro atoms. The third-order valence-electron chi connectivity index (χ3n) is 9.85. The Morgan fingerprint density at radius 3 is 2.23 bits per heavy atom. The Kier molecular flexibility index (Phi) is 8.03. The summed E-state index contributed by atoms with van der Waals surface area (Å²) >= 11 is 1.59. The van der Waals surface area contributed by atoms with E-state index in [1.165, 1.54) is 0 Å². The van der Waals surface area contributed by atoms with Crippen molar-refractivity contribution in [2.75, 3.05) is 24.6 Å². The van der Waals surface area contributed by atoms with Gasteiger partial charge in [0.25, 0.3) is 5.91 Å². The lowest BCUT2D eigenvalue weighted by molar-refractivity contribution is -0.145. The summed E-state index contributed by atoms with van der Waals surface area (Å²) in [6.45, 7) is 11.2. The van der Waals surface area contributed by atoms with Crippen molar-refractivity contribution in [2.45, 2.75) is 69.2 Å². The van der Waals surface area contributed by atoms with Crippen LogP contribution in [0.1, 0.15) is 43.9 Å². The van der Waals surface area contributed by atoms with Crippen LogP contribution in [0.2, 0.25) is 0 Å². The number of amides is 3. The third kappa shape index (κ3) is 4.81. The van der Waals surface area contributed by atoms with Crippen molar-refractivity contribution in [3.8, 4) is 0 Å². The zero-order valence-electron chi connectivity index (χ0n) is 26.3. The average Bonchev–Trinajstić information content (AvgIpc) is 3.26. The van der Waals surface area contributed by atoms with Crippen LogP contribution in [0.4, 0.5) is 5.69 Å². The molecule has 8 heteroatoms. The normalized spacial score (nSPS) is 30.4. The molecule has 0 bridgehead atoms. The molecule has 4 aliphatic heterocycles. The van der Waals surface area contributed by atoms with Gasteiger partial charge < -0.3 is 19.8 Å². The molecule has 232 valence electrons. The predicted octanol–water partition coefficient (Wildman–Crippen LogP) is 4.90. The molecular weight excluding hydrogens is 570 g/mol. The standard InChI is InChI=1S/C36H43N3O4S/c1-23(2)20-27(22-40)39-31-34(43)38(30-24(3)12-9-13-25(30)4)19-11-17-36(31)29(33(39)42)28-32(41)37(18-10-16-35(28,5)44-36)21-26-14-7-6-8-15-26/h6-17,23,27-29,31,40H,18-22H2,1-5H3/t27-,28-,29+,31?,35+,36+/m1/s1. The van der Waals surface area contributed by atoms with Crippen LogP contribution < -0.4 is 4.90 Å². The molecular formula is C36H43N3O4S. The predicted molar refractivity (Wildman–Crippen MR) is 175 cm³/mol. The number of thioether (sulfide) groups is 1. The number of anilines is 1. The molecule has 4 aliphatic rings. The second-order valence-corrected chi connectivity index (χ2v) is 15.2.